The van der Waals surface area contributed by atoms with E-state index in [-0.39, 0.29) is 5.41 Å². The van der Waals surface area contributed by atoms with Gasteiger partial charge in [0, 0.05) is 22.5 Å². The average molecular weight is 432 g/mol. The maximum Gasteiger partial charge on any atom is 0.144 e. The second kappa shape index (κ2) is 7.88. The zero-order valence-corrected chi connectivity index (χ0v) is 19.3. The monoisotopic (exact) mass is 431 g/mol. The van der Waals surface area contributed by atoms with Crippen LogP contribution in [0.25, 0.3) is 44.3 Å². The van der Waals surface area contributed by atoms with Gasteiger partial charge in [-0.15, -0.1) is 0 Å². The molecule has 33 heavy (non-hydrogen) atoms. The maximum atomic E-state index is 6.41. The number of rotatable bonds is 4. The number of nitrogens with zero attached hydrogens (tertiary/aromatic N) is 1. The molecule has 5 aromatic rings. The summed E-state index contributed by atoms with van der Waals surface area (Å²) in [5, 5.41) is 2.29. The normalized spacial score (nSPS) is 15.0. The summed E-state index contributed by atoms with van der Waals surface area (Å²) in [6.07, 6.45) is 7.34. The van der Waals surface area contributed by atoms with Crippen LogP contribution in [-0.4, -0.2) is 4.98 Å². The number of pyridine rings is 1. The lowest BCUT2D eigenvalue weighted by molar-refractivity contribution is 0.325. The van der Waals surface area contributed by atoms with Crippen LogP contribution in [0.4, 0.5) is 0 Å². The minimum absolute atomic E-state index is 0.153. The van der Waals surface area contributed by atoms with E-state index in [9.17, 15) is 0 Å². The first-order chi connectivity index (χ1) is 16.1. The molecular formula is C31H29NO. The van der Waals surface area contributed by atoms with E-state index in [0.717, 1.165) is 39.1 Å². The third-order valence-electron chi connectivity index (χ3n) is 7.76. The first kappa shape index (κ1) is 20.2. The van der Waals surface area contributed by atoms with Gasteiger partial charge in [-0.3, -0.25) is 4.98 Å². The van der Waals surface area contributed by atoms with Gasteiger partial charge in [-0.1, -0.05) is 75.2 Å². The van der Waals surface area contributed by atoms with Crippen LogP contribution in [0.2, 0.25) is 0 Å². The Morgan fingerprint density at radius 1 is 0.788 bits per heavy atom. The quantitative estimate of drug-likeness (QED) is 0.284. The van der Waals surface area contributed by atoms with Crippen LogP contribution < -0.4 is 0 Å². The molecule has 1 aliphatic carbocycles. The molecule has 0 unspecified atom stereocenters. The summed E-state index contributed by atoms with van der Waals surface area (Å²) >= 11 is 0. The standard InChI is InChI=1S/C31H29NO/c1-31(2,23-11-6-7-12-23)24-17-18-32-28(20-24)26-14-8-13-25-27-19-22(21-9-4-3-5-10-21)15-16-29(27)33-30(25)26/h3-5,8-10,13-20,23H,6-7,11-12H2,1-2H3. The Morgan fingerprint density at radius 3 is 2.42 bits per heavy atom. The van der Waals surface area contributed by atoms with Crippen molar-refractivity contribution in [1.82, 2.24) is 4.98 Å². The summed E-state index contributed by atoms with van der Waals surface area (Å²) in [4.78, 5) is 4.78. The fraction of sp³-hybridized carbons (Fsp3) is 0.258. The summed E-state index contributed by atoms with van der Waals surface area (Å²) in [6, 6.07) is 27.9. The number of benzene rings is 3. The lowest BCUT2D eigenvalue weighted by Crippen LogP contribution is -2.26. The molecule has 0 spiro atoms. The molecule has 0 amide bonds. The van der Waals surface area contributed by atoms with Crippen molar-refractivity contribution < 1.29 is 4.42 Å². The van der Waals surface area contributed by atoms with E-state index in [1.807, 2.05) is 6.20 Å². The Bertz CT molecular complexity index is 1440. The Hall–Kier alpha value is -3.39. The molecule has 1 aliphatic rings. The molecule has 2 nitrogen and oxygen atoms in total. The van der Waals surface area contributed by atoms with E-state index in [0.29, 0.717) is 0 Å². The fourth-order valence-electron chi connectivity index (χ4n) is 5.67. The van der Waals surface area contributed by atoms with Gasteiger partial charge in [0.1, 0.15) is 11.2 Å². The molecular weight excluding hydrogens is 402 g/mol. The number of furan rings is 1. The molecule has 0 atom stereocenters. The van der Waals surface area contributed by atoms with Crippen LogP contribution in [-0.2, 0) is 5.41 Å². The van der Waals surface area contributed by atoms with Crippen LogP contribution in [0.3, 0.4) is 0 Å². The van der Waals surface area contributed by atoms with Crippen molar-refractivity contribution in [2.75, 3.05) is 0 Å². The van der Waals surface area contributed by atoms with E-state index in [4.69, 9.17) is 9.40 Å². The lowest BCUT2D eigenvalue weighted by atomic mass is 9.72. The van der Waals surface area contributed by atoms with Crippen molar-refractivity contribution >= 4 is 21.9 Å². The summed E-state index contributed by atoms with van der Waals surface area (Å²) in [6.45, 7) is 4.80. The van der Waals surface area contributed by atoms with E-state index in [2.05, 4.69) is 92.7 Å². The zero-order valence-electron chi connectivity index (χ0n) is 19.3. The molecule has 2 aromatic heterocycles. The highest BCUT2D eigenvalue weighted by Gasteiger charge is 2.33. The van der Waals surface area contributed by atoms with Crippen LogP contribution >= 0.6 is 0 Å². The number of hydrogen-bond acceptors (Lipinski definition) is 2. The predicted octanol–water partition coefficient (Wildman–Crippen LogP) is 8.78. The fourth-order valence-corrected chi connectivity index (χ4v) is 5.67. The van der Waals surface area contributed by atoms with Crippen molar-refractivity contribution in [2.24, 2.45) is 5.92 Å². The van der Waals surface area contributed by atoms with Crippen molar-refractivity contribution in [3.05, 3.63) is 90.6 Å². The van der Waals surface area contributed by atoms with Crippen LogP contribution in [0.1, 0.15) is 45.1 Å². The summed E-state index contributed by atoms with van der Waals surface area (Å²) in [5.41, 5.74) is 7.84. The number of hydrogen-bond donors (Lipinski definition) is 0. The maximum absolute atomic E-state index is 6.41. The Balaban J connectivity index is 1.47. The second-order valence-corrected chi connectivity index (χ2v) is 9.99. The van der Waals surface area contributed by atoms with Crippen LogP contribution in [0.15, 0.2) is 89.5 Å². The molecule has 0 aliphatic heterocycles. The largest absolute Gasteiger partial charge is 0.455 e. The highest BCUT2D eigenvalue weighted by atomic mass is 16.3. The van der Waals surface area contributed by atoms with E-state index < -0.39 is 0 Å². The SMILES string of the molecule is CC(C)(c1ccnc(-c2cccc3c2oc2ccc(-c4ccccc4)cc23)c1)C1CCCC1. The minimum atomic E-state index is 0.153. The third kappa shape index (κ3) is 3.45. The molecule has 6 rings (SSSR count). The first-order valence-corrected chi connectivity index (χ1v) is 12.1. The second-order valence-electron chi connectivity index (χ2n) is 9.99. The molecule has 3 aromatic carbocycles. The van der Waals surface area contributed by atoms with Crippen molar-refractivity contribution in [1.29, 1.82) is 0 Å². The third-order valence-corrected chi connectivity index (χ3v) is 7.76. The molecule has 0 N–H and O–H groups in total. The van der Waals surface area contributed by atoms with E-state index >= 15 is 0 Å². The van der Waals surface area contributed by atoms with Crippen LogP contribution in [0.5, 0.6) is 0 Å². The van der Waals surface area contributed by atoms with E-state index in [1.54, 1.807) is 0 Å². The van der Waals surface area contributed by atoms with Crippen molar-refractivity contribution in [2.45, 2.75) is 44.9 Å². The van der Waals surface area contributed by atoms with Gasteiger partial charge in [0.25, 0.3) is 0 Å². The molecule has 1 saturated carbocycles. The Kier molecular flexibility index (Phi) is 4.83. The first-order valence-electron chi connectivity index (χ1n) is 12.1. The van der Waals surface area contributed by atoms with E-state index in [1.165, 1.54) is 42.4 Å². The van der Waals surface area contributed by atoms with Gasteiger partial charge in [0.05, 0.1) is 5.69 Å². The summed E-state index contributed by atoms with van der Waals surface area (Å²) in [5.74, 6) is 0.742. The molecule has 164 valence electrons. The van der Waals surface area contributed by atoms with Crippen molar-refractivity contribution in [3.8, 4) is 22.4 Å². The number of aromatic nitrogens is 1. The highest BCUT2D eigenvalue weighted by molar-refractivity contribution is 6.10. The smallest absolute Gasteiger partial charge is 0.144 e. The van der Waals surface area contributed by atoms with Crippen LogP contribution in [0, 0.1) is 5.92 Å². The topological polar surface area (TPSA) is 26.0 Å². The molecule has 1 fully saturated rings. The molecule has 2 heteroatoms. The number of fused-ring (bicyclic) bond motifs is 3. The van der Waals surface area contributed by atoms with Gasteiger partial charge in [-0.25, -0.2) is 0 Å². The molecule has 0 saturated heterocycles. The molecule has 0 radical (unpaired) electrons. The summed E-state index contributed by atoms with van der Waals surface area (Å²) in [7, 11) is 0. The molecule has 2 heterocycles. The predicted molar refractivity (Wildman–Crippen MR) is 137 cm³/mol. The summed E-state index contributed by atoms with van der Waals surface area (Å²) < 4.78 is 6.41. The van der Waals surface area contributed by atoms with Crippen molar-refractivity contribution in [3.63, 3.8) is 0 Å². The Labute approximate surface area is 195 Å². The lowest BCUT2D eigenvalue weighted by Gasteiger charge is -2.32. The molecule has 0 bridgehead atoms. The van der Waals surface area contributed by atoms with Gasteiger partial charge < -0.3 is 4.42 Å². The number of para-hydroxylation sites is 1. The minimum Gasteiger partial charge on any atom is -0.455 e. The van der Waals surface area contributed by atoms with Gasteiger partial charge >= 0.3 is 0 Å². The Morgan fingerprint density at radius 2 is 1.61 bits per heavy atom. The van der Waals surface area contributed by atoms with Gasteiger partial charge in [0.15, 0.2) is 0 Å². The average Bonchev–Trinajstić information content (AvgIpc) is 3.53. The highest BCUT2D eigenvalue weighted by Crippen LogP contribution is 2.43. The zero-order chi connectivity index (χ0) is 22.4. The van der Waals surface area contributed by atoms with Gasteiger partial charge in [-0.05, 0) is 71.2 Å². The van der Waals surface area contributed by atoms with Gasteiger partial charge in [-0.2, -0.15) is 0 Å². The van der Waals surface area contributed by atoms with Gasteiger partial charge in [0.2, 0.25) is 0 Å².